The van der Waals surface area contributed by atoms with Crippen molar-refractivity contribution in [1.82, 2.24) is 15.3 Å². The molecule has 21 heavy (non-hydrogen) atoms. The Labute approximate surface area is 131 Å². The number of aromatic nitrogens is 2. The molecule has 3 nitrogen and oxygen atoms in total. The molecule has 0 bridgehead atoms. The zero-order valence-electron chi connectivity index (χ0n) is 12.6. The summed E-state index contributed by atoms with van der Waals surface area (Å²) in [7, 11) is 0. The molecule has 1 aliphatic rings. The molecule has 0 saturated heterocycles. The van der Waals surface area contributed by atoms with E-state index in [-0.39, 0.29) is 0 Å². The van der Waals surface area contributed by atoms with Crippen LogP contribution in [0.3, 0.4) is 0 Å². The summed E-state index contributed by atoms with van der Waals surface area (Å²) in [6.45, 7) is 3.29. The molecule has 1 saturated carbocycles. The number of fused-ring (bicyclic) bond motifs is 1. The summed E-state index contributed by atoms with van der Waals surface area (Å²) in [6, 6.07) is 9.00. The lowest BCUT2D eigenvalue weighted by Crippen LogP contribution is -2.32. The van der Waals surface area contributed by atoms with Crippen molar-refractivity contribution < 1.29 is 0 Å². The van der Waals surface area contributed by atoms with Crippen LogP contribution >= 0.6 is 11.8 Å². The van der Waals surface area contributed by atoms with Gasteiger partial charge in [0.15, 0.2) is 0 Å². The number of hydrogen-bond acceptors (Lipinski definition) is 4. The normalized spacial score (nSPS) is 22.0. The fraction of sp³-hybridized carbons (Fsp3) is 0.529. The van der Waals surface area contributed by atoms with Gasteiger partial charge in [0.25, 0.3) is 0 Å². The van der Waals surface area contributed by atoms with Crippen molar-refractivity contribution in [3.05, 3.63) is 30.6 Å². The third-order valence-corrected chi connectivity index (χ3v) is 5.40. The van der Waals surface area contributed by atoms with Crippen molar-refractivity contribution in [2.24, 2.45) is 5.92 Å². The van der Waals surface area contributed by atoms with E-state index < -0.39 is 0 Å². The van der Waals surface area contributed by atoms with Crippen molar-refractivity contribution in [1.29, 1.82) is 0 Å². The number of benzene rings is 1. The molecule has 2 atom stereocenters. The summed E-state index contributed by atoms with van der Waals surface area (Å²) >= 11 is 1.88. The third-order valence-electron chi connectivity index (χ3n) is 4.36. The highest BCUT2D eigenvalue weighted by molar-refractivity contribution is 7.99. The van der Waals surface area contributed by atoms with E-state index in [0.717, 1.165) is 34.8 Å². The van der Waals surface area contributed by atoms with E-state index in [9.17, 15) is 0 Å². The average molecular weight is 301 g/mol. The number of nitrogens with zero attached hydrogens (tertiary/aromatic N) is 2. The second-order valence-corrected chi connectivity index (χ2v) is 6.77. The van der Waals surface area contributed by atoms with Gasteiger partial charge in [0.05, 0.1) is 5.52 Å². The van der Waals surface area contributed by atoms with E-state index in [1.54, 1.807) is 6.33 Å². The Bertz CT molecular complexity index is 582. The summed E-state index contributed by atoms with van der Waals surface area (Å²) < 4.78 is 0. The molecular formula is C17H23N3S. The van der Waals surface area contributed by atoms with Crippen LogP contribution in [0.2, 0.25) is 0 Å². The maximum atomic E-state index is 4.46. The molecule has 2 unspecified atom stereocenters. The first-order chi connectivity index (χ1) is 10.4. The lowest BCUT2D eigenvalue weighted by molar-refractivity contribution is 0.400. The maximum absolute atomic E-state index is 4.46. The second kappa shape index (κ2) is 7.23. The molecule has 1 aromatic heterocycles. The van der Waals surface area contributed by atoms with Crippen molar-refractivity contribution >= 4 is 22.7 Å². The minimum absolute atomic E-state index is 0.734. The fourth-order valence-electron chi connectivity index (χ4n) is 3.32. The van der Waals surface area contributed by atoms with E-state index >= 15 is 0 Å². The molecule has 1 N–H and O–H groups in total. The van der Waals surface area contributed by atoms with Crippen molar-refractivity contribution in [3.63, 3.8) is 0 Å². The van der Waals surface area contributed by atoms with Gasteiger partial charge in [0, 0.05) is 11.4 Å². The van der Waals surface area contributed by atoms with Gasteiger partial charge in [-0.05, 0) is 43.5 Å². The number of thioether (sulfide) groups is 1. The van der Waals surface area contributed by atoms with Gasteiger partial charge in [-0.25, -0.2) is 9.97 Å². The van der Waals surface area contributed by atoms with Gasteiger partial charge in [-0.3, -0.25) is 0 Å². The Kier molecular flexibility index (Phi) is 5.09. The molecule has 112 valence electrons. The van der Waals surface area contributed by atoms with E-state index in [2.05, 4.69) is 40.4 Å². The first-order valence-corrected chi connectivity index (χ1v) is 8.93. The summed E-state index contributed by atoms with van der Waals surface area (Å²) in [5.41, 5.74) is 1.04. The fourth-order valence-corrected chi connectivity index (χ4v) is 4.38. The van der Waals surface area contributed by atoms with Crippen molar-refractivity contribution in [3.8, 4) is 0 Å². The van der Waals surface area contributed by atoms with E-state index in [4.69, 9.17) is 0 Å². The standard InChI is InChI=1S/C17H23N3S/c1-2-18-15-9-5-6-13(15)10-11-21-17-14-7-3-4-8-16(14)19-12-20-17/h3-4,7-8,12-13,15,18H,2,5-6,9-11H2,1H3. The average Bonchev–Trinajstić information content (AvgIpc) is 2.95. The molecule has 1 fully saturated rings. The molecule has 3 rings (SSSR count). The summed E-state index contributed by atoms with van der Waals surface area (Å²) in [5, 5.41) is 5.94. The number of rotatable bonds is 6. The first-order valence-electron chi connectivity index (χ1n) is 7.94. The van der Waals surface area contributed by atoms with E-state index in [0.29, 0.717) is 0 Å². The molecular weight excluding hydrogens is 278 g/mol. The highest BCUT2D eigenvalue weighted by atomic mass is 32.2. The molecule has 2 aromatic rings. The van der Waals surface area contributed by atoms with Crippen LogP contribution in [0.4, 0.5) is 0 Å². The summed E-state index contributed by atoms with van der Waals surface area (Å²) in [5.74, 6) is 1.98. The van der Waals surface area contributed by atoms with Gasteiger partial charge in [-0.2, -0.15) is 0 Å². The SMILES string of the molecule is CCNC1CCCC1CCSc1ncnc2ccccc12. The van der Waals surface area contributed by atoms with Crippen LogP contribution in [0.1, 0.15) is 32.6 Å². The quantitative estimate of drug-likeness (QED) is 0.649. The lowest BCUT2D eigenvalue weighted by Gasteiger charge is -2.20. The van der Waals surface area contributed by atoms with Gasteiger partial charge in [-0.15, -0.1) is 11.8 Å². The number of para-hydroxylation sites is 1. The maximum Gasteiger partial charge on any atom is 0.117 e. The van der Waals surface area contributed by atoms with Gasteiger partial charge in [0.2, 0.25) is 0 Å². The Morgan fingerprint density at radius 1 is 1.24 bits per heavy atom. The van der Waals surface area contributed by atoms with Crippen LogP contribution in [0.15, 0.2) is 35.6 Å². The molecule has 0 spiro atoms. The molecule has 1 heterocycles. The molecule has 1 aromatic carbocycles. The van der Waals surface area contributed by atoms with Crippen LogP contribution < -0.4 is 5.32 Å². The Morgan fingerprint density at radius 2 is 2.14 bits per heavy atom. The highest BCUT2D eigenvalue weighted by Crippen LogP contribution is 2.31. The van der Waals surface area contributed by atoms with Crippen LogP contribution in [0.25, 0.3) is 10.9 Å². The Hall–Kier alpha value is -1.13. The minimum Gasteiger partial charge on any atom is -0.314 e. The summed E-state index contributed by atoms with van der Waals surface area (Å²) in [6.07, 6.45) is 7.06. The van der Waals surface area contributed by atoms with Crippen LogP contribution in [-0.4, -0.2) is 28.3 Å². The van der Waals surface area contributed by atoms with Gasteiger partial charge in [0.1, 0.15) is 11.4 Å². The Morgan fingerprint density at radius 3 is 3.05 bits per heavy atom. The largest absolute Gasteiger partial charge is 0.314 e. The third kappa shape index (κ3) is 3.55. The van der Waals surface area contributed by atoms with Crippen LogP contribution in [0.5, 0.6) is 0 Å². The van der Waals surface area contributed by atoms with E-state index in [1.165, 1.54) is 31.1 Å². The van der Waals surface area contributed by atoms with Crippen LogP contribution in [0, 0.1) is 5.92 Å². The topological polar surface area (TPSA) is 37.8 Å². The highest BCUT2D eigenvalue weighted by Gasteiger charge is 2.25. The first kappa shape index (κ1) is 14.8. The molecule has 4 heteroatoms. The zero-order chi connectivity index (χ0) is 14.5. The molecule has 0 amide bonds. The van der Waals surface area contributed by atoms with Crippen molar-refractivity contribution in [2.45, 2.75) is 43.7 Å². The minimum atomic E-state index is 0.734. The summed E-state index contributed by atoms with van der Waals surface area (Å²) in [4.78, 5) is 8.79. The molecule has 1 aliphatic carbocycles. The zero-order valence-corrected chi connectivity index (χ0v) is 13.4. The van der Waals surface area contributed by atoms with Gasteiger partial charge < -0.3 is 5.32 Å². The van der Waals surface area contributed by atoms with Crippen LogP contribution in [-0.2, 0) is 0 Å². The molecule has 0 aliphatic heterocycles. The van der Waals surface area contributed by atoms with E-state index in [1.807, 2.05) is 17.8 Å². The van der Waals surface area contributed by atoms with Crippen molar-refractivity contribution in [2.75, 3.05) is 12.3 Å². The predicted octanol–water partition coefficient (Wildman–Crippen LogP) is 3.89. The number of nitrogens with one attached hydrogen (secondary N) is 1. The smallest absolute Gasteiger partial charge is 0.117 e. The second-order valence-electron chi connectivity index (χ2n) is 5.69. The van der Waals surface area contributed by atoms with Gasteiger partial charge in [-0.1, -0.05) is 31.5 Å². The number of hydrogen-bond donors (Lipinski definition) is 1. The monoisotopic (exact) mass is 301 g/mol. The Balaban J connectivity index is 1.59. The predicted molar refractivity (Wildman–Crippen MR) is 89.7 cm³/mol. The van der Waals surface area contributed by atoms with Gasteiger partial charge >= 0.3 is 0 Å². The lowest BCUT2D eigenvalue weighted by atomic mass is 10.0. The molecule has 0 radical (unpaired) electrons.